The molecule has 0 saturated heterocycles. The summed E-state index contributed by atoms with van der Waals surface area (Å²) < 4.78 is 42.7. The molecule has 0 aliphatic carbocycles. The highest BCUT2D eigenvalue weighted by Gasteiger charge is 2.30. The number of alkyl carbamates (subject to hydrolysis) is 1. The number of nitrogens with zero attached hydrogens (tertiary/aromatic N) is 1. The number of carbonyl (C=O) groups excluding carboxylic acids is 2. The Hall–Kier alpha value is -2.62. The first-order chi connectivity index (χ1) is 12.4. The standard InChI is InChI=1S/C17H18F3N3O3S/c1-16(2,3)26-15(25)21-8-12-9-27-14(22-12)23-13(24)10-4-6-11(7-5-10)17(18,19)20/h4-7,9H,8H2,1-3H3,(H,21,25)(H,22,23,24). The van der Waals surface area contributed by atoms with Crippen molar-refractivity contribution in [1.29, 1.82) is 0 Å². The topological polar surface area (TPSA) is 80.3 Å². The summed E-state index contributed by atoms with van der Waals surface area (Å²) in [5.74, 6) is -0.579. The fourth-order valence-electron chi connectivity index (χ4n) is 1.90. The van der Waals surface area contributed by atoms with E-state index >= 15 is 0 Å². The first-order valence-corrected chi connectivity index (χ1v) is 8.72. The van der Waals surface area contributed by atoms with Gasteiger partial charge < -0.3 is 10.1 Å². The monoisotopic (exact) mass is 401 g/mol. The van der Waals surface area contributed by atoms with E-state index in [9.17, 15) is 22.8 Å². The zero-order valence-electron chi connectivity index (χ0n) is 14.8. The fourth-order valence-corrected chi connectivity index (χ4v) is 2.61. The number of carbonyl (C=O) groups is 2. The van der Waals surface area contributed by atoms with E-state index in [4.69, 9.17) is 4.74 Å². The maximum Gasteiger partial charge on any atom is 0.416 e. The second-order valence-corrected chi connectivity index (χ2v) is 7.39. The number of rotatable bonds is 4. The Morgan fingerprint density at radius 1 is 1.15 bits per heavy atom. The van der Waals surface area contributed by atoms with Gasteiger partial charge in [-0.25, -0.2) is 9.78 Å². The van der Waals surface area contributed by atoms with E-state index in [0.29, 0.717) is 5.69 Å². The van der Waals surface area contributed by atoms with Crippen molar-refractivity contribution in [1.82, 2.24) is 10.3 Å². The van der Waals surface area contributed by atoms with Crippen LogP contribution >= 0.6 is 11.3 Å². The number of anilines is 1. The number of hydrogen-bond donors (Lipinski definition) is 2. The van der Waals surface area contributed by atoms with Gasteiger partial charge >= 0.3 is 12.3 Å². The Labute approximate surface area is 157 Å². The number of nitrogens with one attached hydrogen (secondary N) is 2. The third-order valence-corrected chi connectivity index (χ3v) is 3.87. The third kappa shape index (κ3) is 6.55. The Balaban J connectivity index is 1.91. The Morgan fingerprint density at radius 3 is 2.33 bits per heavy atom. The molecular formula is C17H18F3N3O3S. The van der Waals surface area contributed by atoms with E-state index in [0.717, 1.165) is 35.6 Å². The summed E-state index contributed by atoms with van der Waals surface area (Å²) in [6, 6.07) is 3.87. The number of aromatic nitrogens is 1. The molecular weight excluding hydrogens is 383 g/mol. The summed E-state index contributed by atoms with van der Waals surface area (Å²) >= 11 is 1.13. The van der Waals surface area contributed by atoms with Gasteiger partial charge in [0.25, 0.3) is 5.91 Å². The quantitative estimate of drug-likeness (QED) is 0.794. The minimum atomic E-state index is -4.46. The fraction of sp³-hybridized carbons (Fsp3) is 0.353. The molecule has 2 aromatic rings. The predicted octanol–water partition coefficient (Wildman–Crippen LogP) is 4.44. The zero-order valence-corrected chi connectivity index (χ0v) is 15.6. The first kappa shape index (κ1) is 20.7. The molecule has 0 saturated carbocycles. The SMILES string of the molecule is CC(C)(C)OC(=O)NCc1csc(NC(=O)c2ccc(C(F)(F)F)cc2)n1. The molecule has 0 spiro atoms. The van der Waals surface area contributed by atoms with Gasteiger partial charge in [0.05, 0.1) is 17.8 Å². The van der Waals surface area contributed by atoms with Gasteiger partial charge in [-0.05, 0) is 45.0 Å². The van der Waals surface area contributed by atoms with Crippen LogP contribution in [0.5, 0.6) is 0 Å². The number of hydrogen-bond acceptors (Lipinski definition) is 5. The minimum Gasteiger partial charge on any atom is -0.444 e. The van der Waals surface area contributed by atoms with Crippen LogP contribution in [0.15, 0.2) is 29.6 Å². The molecule has 0 aliphatic rings. The molecule has 27 heavy (non-hydrogen) atoms. The van der Waals surface area contributed by atoms with Crippen LogP contribution in [0.1, 0.15) is 42.4 Å². The number of ether oxygens (including phenoxy) is 1. The molecule has 0 atom stereocenters. The molecule has 6 nitrogen and oxygen atoms in total. The number of thiazole rings is 1. The Morgan fingerprint density at radius 2 is 1.78 bits per heavy atom. The molecule has 1 aromatic heterocycles. The van der Waals surface area contributed by atoms with Crippen molar-refractivity contribution in [2.45, 2.75) is 39.1 Å². The number of halogens is 3. The minimum absolute atomic E-state index is 0.0756. The van der Waals surface area contributed by atoms with Crippen molar-refractivity contribution in [3.8, 4) is 0 Å². The maximum absolute atomic E-state index is 12.5. The smallest absolute Gasteiger partial charge is 0.416 e. The summed E-state index contributed by atoms with van der Waals surface area (Å²) in [6.45, 7) is 5.33. The van der Waals surface area contributed by atoms with Gasteiger partial charge in [0.2, 0.25) is 0 Å². The first-order valence-electron chi connectivity index (χ1n) is 7.84. The lowest BCUT2D eigenvalue weighted by Gasteiger charge is -2.19. The second kappa shape index (κ2) is 7.95. The van der Waals surface area contributed by atoms with Gasteiger partial charge in [0.1, 0.15) is 5.60 Å². The van der Waals surface area contributed by atoms with E-state index in [2.05, 4.69) is 15.6 Å². The molecule has 0 bridgehead atoms. The Kier molecular flexibility index (Phi) is 6.09. The van der Waals surface area contributed by atoms with Crippen molar-refractivity contribution in [3.63, 3.8) is 0 Å². The molecule has 1 heterocycles. The van der Waals surface area contributed by atoms with Crippen LogP contribution in [0.2, 0.25) is 0 Å². The number of benzene rings is 1. The highest BCUT2D eigenvalue weighted by molar-refractivity contribution is 7.13. The van der Waals surface area contributed by atoms with Gasteiger partial charge in [-0.3, -0.25) is 10.1 Å². The van der Waals surface area contributed by atoms with Crippen LogP contribution in [-0.4, -0.2) is 22.6 Å². The third-order valence-electron chi connectivity index (χ3n) is 3.06. The van der Waals surface area contributed by atoms with E-state index in [-0.39, 0.29) is 17.2 Å². The molecule has 146 valence electrons. The summed E-state index contributed by atoms with van der Waals surface area (Å²) in [7, 11) is 0. The van der Waals surface area contributed by atoms with Crippen LogP contribution in [0.4, 0.5) is 23.1 Å². The predicted molar refractivity (Wildman–Crippen MR) is 94.6 cm³/mol. The lowest BCUT2D eigenvalue weighted by molar-refractivity contribution is -0.137. The Bertz CT molecular complexity index is 811. The van der Waals surface area contributed by atoms with Crippen molar-refractivity contribution >= 4 is 28.5 Å². The molecule has 0 unspecified atom stereocenters. The molecule has 2 rings (SSSR count). The van der Waals surface area contributed by atoms with Gasteiger partial charge in [-0.15, -0.1) is 11.3 Å². The van der Waals surface area contributed by atoms with E-state index < -0.39 is 29.3 Å². The number of alkyl halides is 3. The van der Waals surface area contributed by atoms with Gasteiger partial charge in [-0.1, -0.05) is 0 Å². The maximum atomic E-state index is 12.5. The molecule has 10 heteroatoms. The summed E-state index contributed by atoms with van der Waals surface area (Å²) in [4.78, 5) is 27.8. The highest BCUT2D eigenvalue weighted by atomic mass is 32.1. The molecule has 1 aromatic carbocycles. The van der Waals surface area contributed by atoms with E-state index in [1.807, 2.05) is 0 Å². The molecule has 2 N–H and O–H groups in total. The molecule has 0 aliphatic heterocycles. The van der Waals surface area contributed by atoms with Crippen LogP contribution in [0, 0.1) is 0 Å². The average Bonchev–Trinajstić information content (AvgIpc) is 2.98. The van der Waals surface area contributed by atoms with Crippen LogP contribution in [0.3, 0.4) is 0 Å². The summed E-state index contributed by atoms with van der Waals surface area (Å²) in [5.41, 5.74) is -0.864. The molecule has 0 fully saturated rings. The van der Waals surface area contributed by atoms with Crippen molar-refractivity contribution in [2.24, 2.45) is 0 Å². The largest absolute Gasteiger partial charge is 0.444 e. The molecule has 2 amide bonds. The van der Waals surface area contributed by atoms with Gasteiger partial charge in [-0.2, -0.15) is 13.2 Å². The van der Waals surface area contributed by atoms with Gasteiger partial charge in [0.15, 0.2) is 5.13 Å². The zero-order chi connectivity index (χ0) is 20.2. The number of amides is 2. The van der Waals surface area contributed by atoms with Crippen molar-refractivity contribution in [3.05, 3.63) is 46.5 Å². The lowest BCUT2D eigenvalue weighted by Crippen LogP contribution is -2.32. The van der Waals surface area contributed by atoms with Crippen molar-refractivity contribution < 1.29 is 27.5 Å². The van der Waals surface area contributed by atoms with E-state index in [1.54, 1.807) is 26.2 Å². The second-order valence-electron chi connectivity index (χ2n) is 6.53. The van der Waals surface area contributed by atoms with Crippen LogP contribution < -0.4 is 10.6 Å². The summed E-state index contributed by atoms with van der Waals surface area (Å²) in [5, 5.41) is 6.95. The van der Waals surface area contributed by atoms with Crippen molar-refractivity contribution in [2.75, 3.05) is 5.32 Å². The summed E-state index contributed by atoms with van der Waals surface area (Å²) in [6.07, 6.45) is -5.05. The van der Waals surface area contributed by atoms with Crippen LogP contribution in [-0.2, 0) is 17.5 Å². The normalized spacial score (nSPS) is 11.8. The lowest BCUT2D eigenvalue weighted by atomic mass is 10.1. The average molecular weight is 401 g/mol. The van der Waals surface area contributed by atoms with E-state index in [1.165, 1.54) is 0 Å². The highest BCUT2D eigenvalue weighted by Crippen LogP contribution is 2.29. The van der Waals surface area contributed by atoms with Crippen LogP contribution in [0.25, 0.3) is 0 Å². The molecule has 0 radical (unpaired) electrons. The van der Waals surface area contributed by atoms with Gasteiger partial charge in [0, 0.05) is 10.9 Å².